The number of anilines is 1. The number of carbonyl (C=O) groups is 1. The zero-order valence-electron chi connectivity index (χ0n) is 18.1. The molecule has 0 bridgehead atoms. The van der Waals surface area contributed by atoms with Gasteiger partial charge in [-0.05, 0) is 55.4 Å². The maximum atomic E-state index is 11.2. The first-order chi connectivity index (χ1) is 15.5. The largest absolute Gasteiger partial charge is 0.508 e. The molecule has 1 aromatic heterocycles. The average Bonchev–Trinajstić information content (AvgIpc) is 3.21. The van der Waals surface area contributed by atoms with Crippen LogP contribution in [-0.2, 0) is 11.2 Å². The third-order valence-electron chi connectivity index (χ3n) is 6.10. The number of nitrogens with zero attached hydrogens (tertiary/aromatic N) is 1. The van der Waals surface area contributed by atoms with Gasteiger partial charge in [0, 0.05) is 23.4 Å². The maximum absolute atomic E-state index is 11.2. The molecule has 3 N–H and O–H groups in total. The van der Waals surface area contributed by atoms with E-state index in [1.165, 1.54) is 0 Å². The van der Waals surface area contributed by atoms with Gasteiger partial charge in [-0.3, -0.25) is 4.79 Å². The van der Waals surface area contributed by atoms with Gasteiger partial charge in [-0.15, -0.1) is 11.3 Å². The zero-order valence-corrected chi connectivity index (χ0v) is 18.9. The van der Waals surface area contributed by atoms with Gasteiger partial charge in [-0.1, -0.05) is 30.3 Å². The number of aromatic nitrogens is 1. The van der Waals surface area contributed by atoms with Crippen LogP contribution < -0.4 is 10.1 Å². The number of thiazole rings is 1. The Hall–Kier alpha value is -3.06. The van der Waals surface area contributed by atoms with Crippen molar-refractivity contribution in [2.75, 3.05) is 19.0 Å². The van der Waals surface area contributed by atoms with Gasteiger partial charge in [0.05, 0.1) is 18.7 Å². The molecule has 1 heterocycles. The maximum Gasteiger partial charge on any atom is 0.306 e. The Balaban J connectivity index is 1.53. The first-order valence-electron chi connectivity index (χ1n) is 10.9. The molecule has 4 rings (SSSR count). The first kappa shape index (κ1) is 22.1. The van der Waals surface area contributed by atoms with Crippen LogP contribution >= 0.6 is 11.3 Å². The van der Waals surface area contributed by atoms with Gasteiger partial charge >= 0.3 is 5.97 Å². The average molecular weight is 453 g/mol. The quantitative estimate of drug-likeness (QED) is 0.423. The SMILES string of the molecule is COc1ccccc1Cc1sc(NCC2CCC(C(=O)O)CC2)nc1-c1cccc(O)c1. The molecule has 0 atom stereocenters. The van der Waals surface area contributed by atoms with Crippen LogP contribution in [0.2, 0.25) is 0 Å². The fraction of sp³-hybridized carbons (Fsp3) is 0.360. The molecule has 6 nitrogen and oxygen atoms in total. The highest BCUT2D eigenvalue weighted by Crippen LogP contribution is 2.36. The second-order valence-electron chi connectivity index (χ2n) is 8.27. The third-order valence-corrected chi connectivity index (χ3v) is 7.11. The Morgan fingerprint density at radius 3 is 2.66 bits per heavy atom. The molecule has 1 fully saturated rings. The van der Waals surface area contributed by atoms with E-state index in [1.54, 1.807) is 30.6 Å². The Morgan fingerprint density at radius 1 is 1.16 bits per heavy atom. The number of ether oxygens (including phenoxy) is 1. The molecule has 0 unspecified atom stereocenters. The predicted octanol–water partition coefficient (Wildman–Crippen LogP) is 5.42. The number of methoxy groups -OCH3 is 1. The van der Waals surface area contributed by atoms with E-state index < -0.39 is 5.97 Å². The number of phenols is 1. The molecule has 7 heteroatoms. The molecular formula is C25H28N2O4S. The highest BCUT2D eigenvalue weighted by molar-refractivity contribution is 7.16. The minimum absolute atomic E-state index is 0.198. The molecule has 2 aromatic carbocycles. The third kappa shape index (κ3) is 5.22. The smallest absolute Gasteiger partial charge is 0.306 e. The monoisotopic (exact) mass is 452 g/mol. The van der Waals surface area contributed by atoms with Gasteiger partial charge < -0.3 is 20.3 Å². The number of aliphatic carboxylic acids is 1. The molecule has 3 aromatic rings. The molecule has 1 aliphatic rings. The van der Waals surface area contributed by atoms with Crippen molar-refractivity contribution in [3.63, 3.8) is 0 Å². The second kappa shape index (κ2) is 10.0. The van der Waals surface area contributed by atoms with Crippen LogP contribution in [0.3, 0.4) is 0 Å². The predicted molar refractivity (Wildman–Crippen MR) is 127 cm³/mol. The number of carboxylic acid groups (broad SMARTS) is 1. The summed E-state index contributed by atoms with van der Waals surface area (Å²) in [7, 11) is 1.67. The van der Waals surface area contributed by atoms with Crippen molar-refractivity contribution in [1.82, 2.24) is 4.98 Å². The van der Waals surface area contributed by atoms with Crippen molar-refractivity contribution in [3.8, 4) is 22.8 Å². The normalized spacial score (nSPS) is 18.3. The highest BCUT2D eigenvalue weighted by Gasteiger charge is 2.26. The first-order valence-corrected chi connectivity index (χ1v) is 11.7. The number of phenolic OH excluding ortho intramolecular Hbond substituents is 1. The van der Waals surface area contributed by atoms with Gasteiger partial charge in [0.1, 0.15) is 11.5 Å². The molecule has 0 saturated heterocycles. The fourth-order valence-electron chi connectivity index (χ4n) is 4.29. The van der Waals surface area contributed by atoms with Crippen LogP contribution in [0.5, 0.6) is 11.5 Å². The number of para-hydroxylation sites is 1. The van der Waals surface area contributed by atoms with Crippen LogP contribution in [0.1, 0.15) is 36.1 Å². The highest BCUT2D eigenvalue weighted by atomic mass is 32.1. The van der Waals surface area contributed by atoms with Gasteiger partial charge in [-0.25, -0.2) is 4.98 Å². The summed E-state index contributed by atoms with van der Waals surface area (Å²) in [6.07, 6.45) is 4.00. The van der Waals surface area contributed by atoms with E-state index in [0.717, 1.165) is 64.8 Å². The molecule has 1 saturated carbocycles. The second-order valence-corrected chi connectivity index (χ2v) is 9.35. The lowest BCUT2D eigenvalue weighted by Gasteiger charge is -2.26. The number of rotatable bonds is 8. The van der Waals surface area contributed by atoms with Crippen LogP contribution in [0.25, 0.3) is 11.3 Å². The van der Waals surface area contributed by atoms with Crippen LogP contribution in [-0.4, -0.2) is 34.8 Å². The van der Waals surface area contributed by atoms with Crippen molar-refractivity contribution in [3.05, 3.63) is 59.0 Å². The molecule has 0 amide bonds. The minimum Gasteiger partial charge on any atom is -0.508 e. The Bertz CT molecular complexity index is 1070. The zero-order chi connectivity index (χ0) is 22.5. The lowest BCUT2D eigenvalue weighted by Crippen LogP contribution is -2.25. The Morgan fingerprint density at radius 2 is 1.94 bits per heavy atom. The van der Waals surface area contributed by atoms with Crippen LogP contribution in [0.4, 0.5) is 5.13 Å². The topological polar surface area (TPSA) is 91.7 Å². The summed E-state index contributed by atoms with van der Waals surface area (Å²) in [6, 6.07) is 15.1. The lowest BCUT2D eigenvalue weighted by molar-refractivity contribution is -0.143. The molecule has 32 heavy (non-hydrogen) atoms. The summed E-state index contributed by atoms with van der Waals surface area (Å²) in [6.45, 7) is 0.785. The van der Waals surface area contributed by atoms with E-state index in [0.29, 0.717) is 12.3 Å². The summed E-state index contributed by atoms with van der Waals surface area (Å²) >= 11 is 1.61. The lowest BCUT2D eigenvalue weighted by atomic mass is 9.82. The summed E-state index contributed by atoms with van der Waals surface area (Å²) in [5.41, 5.74) is 2.81. The number of carboxylic acids is 1. The summed E-state index contributed by atoms with van der Waals surface area (Å²) < 4.78 is 5.53. The van der Waals surface area contributed by atoms with E-state index in [1.807, 2.05) is 30.3 Å². The van der Waals surface area contributed by atoms with Crippen LogP contribution in [0, 0.1) is 11.8 Å². The summed E-state index contributed by atoms with van der Waals surface area (Å²) in [5, 5.41) is 23.5. The Kier molecular flexibility index (Phi) is 6.95. The summed E-state index contributed by atoms with van der Waals surface area (Å²) in [5.74, 6) is 0.635. The van der Waals surface area contributed by atoms with Crippen molar-refractivity contribution < 1.29 is 19.7 Å². The van der Waals surface area contributed by atoms with Crippen molar-refractivity contribution in [2.24, 2.45) is 11.8 Å². The van der Waals surface area contributed by atoms with Gasteiger partial charge in [0.25, 0.3) is 0 Å². The fourth-order valence-corrected chi connectivity index (χ4v) is 5.31. The van der Waals surface area contributed by atoms with E-state index >= 15 is 0 Å². The van der Waals surface area contributed by atoms with Crippen molar-refractivity contribution >= 4 is 22.4 Å². The van der Waals surface area contributed by atoms with E-state index in [9.17, 15) is 15.0 Å². The van der Waals surface area contributed by atoms with Crippen LogP contribution in [0.15, 0.2) is 48.5 Å². The van der Waals surface area contributed by atoms with E-state index in [4.69, 9.17) is 9.72 Å². The van der Waals surface area contributed by atoms with Gasteiger partial charge in [-0.2, -0.15) is 0 Å². The number of nitrogens with one attached hydrogen (secondary N) is 1. The molecule has 1 aliphatic carbocycles. The molecule has 0 aliphatic heterocycles. The van der Waals surface area contributed by atoms with E-state index in [2.05, 4.69) is 11.4 Å². The molecule has 168 valence electrons. The number of hydrogen-bond acceptors (Lipinski definition) is 6. The number of hydrogen-bond donors (Lipinski definition) is 3. The van der Waals surface area contributed by atoms with E-state index in [-0.39, 0.29) is 11.7 Å². The molecular weight excluding hydrogens is 424 g/mol. The number of benzene rings is 2. The van der Waals surface area contributed by atoms with Crippen molar-refractivity contribution in [1.29, 1.82) is 0 Å². The van der Waals surface area contributed by atoms with Crippen molar-refractivity contribution in [2.45, 2.75) is 32.1 Å². The minimum atomic E-state index is -0.673. The number of aromatic hydroxyl groups is 1. The van der Waals surface area contributed by atoms with Gasteiger partial charge in [0.15, 0.2) is 5.13 Å². The molecule has 0 radical (unpaired) electrons. The molecule has 0 spiro atoms. The van der Waals surface area contributed by atoms with Gasteiger partial charge in [0.2, 0.25) is 0 Å². The standard InChI is InChI=1S/C25H28N2O4S/c1-31-21-8-3-2-5-18(21)14-22-23(19-6-4-7-20(28)13-19)27-25(32-22)26-15-16-9-11-17(12-10-16)24(29)30/h2-8,13,16-17,28H,9-12,14-15H2,1H3,(H,26,27)(H,29,30). The Labute approximate surface area is 191 Å². The summed E-state index contributed by atoms with van der Waals surface area (Å²) in [4.78, 5) is 17.1.